The van der Waals surface area contributed by atoms with Gasteiger partial charge in [-0.2, -0.15) is 0 Å². The molecule has 0 aliphatic rings. The lowest BCUT2D eigenvalue weighted by molar-refractivity contribution is -0.139. The molecule has 0 atom stereocenters. The van der Waals surface area contributed by atoms with Crippen LogP contribution in [-0.4, -0.2) is 40.6 Å². The van der Waals surface area contributed by atoms with E-state index in [2.05, 4.69) is 15.4 Å². The lowest BCUT2D eigenvalue weighted by Crippen LogP contribution is -2.30. The molecule has 2 N–H and O–H groups in total. The molecule has 2 aromatic carbocycles. The van der Waals surface area contributed by atoms with Gasteiger partial charge in [-0.1, -0.05) is 19.1 Å². The molecule has 32 heavy (non-hydrogen) atoms. The quantitative estimate of drug-likeness (QED) is 0.497. The van der Waals surface area contributed by atoms with E-state index in [4.69, 9.17) is 0 Å². The number of nitrogens with zero attached hydrogens (tertiary/aromatic N) is 2. The number of para-hydroxylation sites is 2. The van der Waals surface area contributed by atoms with Crippen LogP contribution in [0.1, 0.15) is 30.1 Å². The fourth-order valence-corrected chi connectivity index (χ4v) is 3.40. The van der Waals surface area contributed by atoms with Crippen LogP contribution in [0, 0.1) is 0 Å². The first-order valence-electron chi connectivity index (χ1n) is 10.4. The van der Waals surface area contributed by atoms with Crippen molar-refractivity contribution < 1.29 is 19.1 Å². The van der Waals surface area contributed by atoms with E-state index >= 15 is 0 Å². The molecule has 168 valence electrons. The van der Waals surface area contributed by atoms with Crippen molar-refractivity contribution in [1.29, 1.82) is 0 Å². The standard InChI is InChI=1S/C23H26N4O5/c1-3-13-26-18-6-4-5-7-19(18)27(23(26)31)14-12-20(28)25-17-10-8-16(9-11-17)22(30)24-15-21(29)32-2/h4-11H,3,12-15H2,1-2H3,(H,24,30)(H,25,28). The number of aryl methyl sites for hydroxylation is 2. The molecule has 2 amide bonds. The minimum absolute atomic E-state index is 0.122. The van der Waals surface area contributed by atoms with Crippen LogP contribution in [0.15, 0.2) is 53.3 Å². The van der Waals surface area contributed by atoms with Crippen molar-refractivity contribution in [2.24, 2.45) is 0 Å². The molecule has 1 aromatic heterocycles. The number of methoxy groups -OCH3 is 1. The third-order valence-electron chi connectivity index (χ3n) is 4.99. The Kier molecular flexibility index (Phi) is 7.43. The molecule has 9 heteroatoms. The number of esters is 1. The highest BCUT2D eigenvalue weighted by Gasteiger charge is 2.14. The number of hydrogen-bond donors (Lipinski definition) is 2. The third-order valence-corrected chi connectivity index (χ3v) is 4.99. The Balaban J connectivity index is 1.61. The highest BCUT2D eigenvalue weighted by atomic mass is 16.5. The molecule has 0 unspecified atom stereocenters. The Labute approximate surface area is 185 Å². The van der Waals surface area contributed by atoms with Crippen molar-refractivity contribution >= 4 is 34.5 Å². The fourth-order valence-electron chi connectivity index (χ4n) is 3.40. The molecule has 0 aliphatic heterocycles. The SMILES string of the molecule is CCCn1c(=O)n(CCC(=O)Nc2ccc(C(=O)NCC(=O)OC)cc2)c2ccccc21. The summed E-state index contributed by atoms with van der Waals surface area (Å²) in [5.41, 5.74) is 2.42. The zero-order valence-electron chi connectivity index (χ0n) is 18.1. The Morgan fingerprint density at radius 2 is 1.56 bits per heavy atom. The molecule has 0 spiro atoms. The van der Waals surface area contributed by atoms with Crippen LogP contribution < -0.4 is 16.3 Å². The first kappa shape index (κ1) is 22.8. The number of nitrogens with one attached hydrogen (secondary N) is 2. The Morgan fingerprint density at radius 3 is 2.16 bits per heavy atom. The Morgan fingerprint density at radius 1 is 0.938 bits per heavy atom. The molecular weight excluding hydrogens is 412 g/mol. The van der Waals surface area contributed by atoms with Gasteiger partial charge in [-0.25, -0.2) is 4.79 Å². The average molecular weight is 438 g/mol. The van der Waals surface area contributed by atoms with Gasteiger partial charge < -0.3 is 15.4 Å². The van der Waals surface area contributed by atoms with Gasteiger partial charge in [0, 0.05) is 30.8 Å². The van der Waals surface area contributed by atoms with Gasteiger partial charge in [0.2, 0.25) is 5.91 Å². The zero-order chi connectivity index (χ0) is 23.1. The minimum atomic E-state index is -0.542. The Bertz CT molecular complexity index is 1180. The number of ether oxygens (including phenoxy) is 1. The van der Waals surface area contributed by atoms with Gasteiger partial charge in [0.1, 0.15) is 6.54 Å². The summed E-state index contributed by atoms with van der Waals surface area (Å²) >= 11 is 0. The number of rotatable bonds is 9. The van der Waals surface area contributed by atoms with E-state index in [0.717, 1.165) is 17.5 Å². The van der Waals surface area contributed by atoms with E-state index in [-0.39, 0.29) is 31.1 Å². The first-order valence-corrected chi connectivity index (χ1v) is 10.4. The summed E-state index contributed by atoms with van der Waals surface area (Å²) in [6.07, 6.45) is 0.965. The van der Waals surface area contributed by atoms with Crippen LogP contribution in [0.2, 0.25) is 0 Å². The summed E-state index contributed by atoms with van der Waals surface area (Å²) in [7, 11) is 1.24. The molecule has 0 saturated carbocycles. The van der Waals surface area contributed by atoms with E-state index in [1.165, 1.54) is 7.11 Å². The van der Waals surface area contributed by atoms with E-state index in [1.54, 1.807) is 33.4 Å². The second kappa shape index (κ2) is 10.4. The van der Waals surface area contributed by atoms with Crippen LogP contribution in [0.5, 0.6) is 0 Å². The van der Waals surface area contributed by atoms with E-state index < -0.39 is 11.9 Å². The average Bonchev–Trinajstić information content (AvgIpc) is 3.07. The van der Waals surface area contributed by atoms with Gasteiger partial charge in [-0.3, -0.25) is 23.5 Å². The number of carbonyl (C=O) groups excluding carboxylic acids is 3. The lowest BCUT2D eigenvalue weighted by atomic mass is 10.2. The molecule has 0 saturated heterocycles. The molecule has 1 heterocycles. The Hall–Kier alpha value is -3.88. The maximum atomic E-state index is 12.8. The monoisotopic (exact) mass is 438 g/mol. The number of amides is 2. The van der Waals surface area contributed by atoms with Crippen LogP contribution in [0.3, 0.4) is 0 Å². The predicted molar refractivity (Wildman–Crippen MR) is 121 cm³/mol. The van der Waals surface area contributed by atoms with Crippen molar-refractivity contribution in [2.75, 3.05) is 19.0 Å². The minimum Gasteiger partial charge on any atom is -0.468 e. The van der Waals surface area contributed by atoms with Crippen molar-refractivity contribution in [3.05, 3.63) is 64.6 Å². The van der Waals surface area contributed by atoms with Crippen molar-refractivity contribution in [2.45, 2.75) is 32.9 Å². The summed E-state index contributed by atoms with van der Waals surface area (Å²) in [5, 5.41) is 5.21. The van der Waals surface area contributed by atoms with Gasteiger partial charge in [0.25, 0.3) is 5.91 Å². The van der Waals surface area contributed by atoms with Gasteiger partial charge in [-0.05, 0) is 42.8 Å². The largest absolute Gasteiger partial charge is 0.468 e. The number of benzene rings is 2. The van der Waals surface area contributed by atoms with Gasteiger partial charge in [-0.15, -0.1) is 0 Å². The maximum Gasteiger partial charge on any atom is 0.329 e. The van der Waals surface area contributed by atoms with Crippen LogP contribution >= 0.6 is 0 Å². The molecule has 3 rings (SSSR count). The molecule has 3 aromatic rings. The summed E-state index contributed by atoms with van der Waals surface area (Å²) < 4.78 is 7.83. The fraction of sp³-hybridized carbons (Fsp3) is 0.304. The van der Waals surface area contributed by atoms with Gasteiger partial charge >= 0.3 is 11.7 Å². The van der Waals surface area contributed by atoms with E-state index in [0.29, 0.717) is 17.8 Å². The normalized spacial score (nSPS) is 10.7. The highest BCUT2D eigenvalue weighted by molar-refractivity contribution is 5.97. The summed E-state index contributed by atoms with van der Waals surface area (Å²) in [6, 6.07) is 13.9. The summed E-state index contributed by atoms with van der Waals surface area (Å²) in [5.74, 6) is -1.21. The lowest BCUT2D eigenvalue weighted by Gasteiger charge is -2.08. The molecular formula is C23H26N4O5. The highest BCUT2D eigenvalue weighted by Crippen LogP contribution is 2.14. The summed E-state index contributed by atoms with van der Waals surface area (Å²) in [4.78, 5) is 48.3. The van der Waals surface area contributed by atoms with E-state index in [9.17, 15) is 19.2 Å². The second-order valence-corrected chi connectivity index (χ2v) is 7.21. The first-order chi connectivity index (χ1) is 15.4. The zero-order valence-corrected chi connectivity index (χ0v) is 18.1. The molecule has 0 aliphatic carbocycles. The number of anilines is 1. The number of hydrogen-bond acceptors (Lipinski definition) is 5. The molecule has 0 fully saturated rings. The van der Waals surface area contributed by atoms with E-state index in [1.807, 2.05) is 31.2 Å². The number of imidazole rings is 1. The van der Waals surface area contributed by atoms with Crippen LogP contribution in [-0.2, 0) is 27.4 Å². The molecule has 9 nitrogen and oxygen atoms in total. The van der Waals surface area contributed by atoms with Crippen LogP contribution in [0.25, 0.3) is 11.0 Å². The van der Waals surface area contributed by atoms with Gasteiger partial charge in [0.15, 0.2) is 0 Å². The summed E-state index contributed by atoms with van der Waals surface area (Å²) in [6.45, 7) is 2.68. The number of aromatic nitrogens is 2. The van der Waals surface area contributed by atoms with Crippen molar-refractivity contribution in [3.8, 4) is 0 Å². The number of carbonyl (C=O) groups is 3. The third kappa shape index (κ3) is 5.23. The number of fused-ring (bicyclic) bond motifs is 1. The predicted octanol–water partition coefficient (Wildman–Crippen LogP) is 2.14. The molecule has 0 bridgehead atoms. The molecule has 0 radical (unpaired) electrons. The maximum absolute atomic E-state index is 12.8. The topological polar surface area (TPSA) is 111 Å². The van der Waals surface area contributed by atoms with Gasteiger partial charge in [0.05, 0.1) is 18.1 Å². The second-order valence-electron chi connectivity index (χ2n) is 7.21. The van der Waals surface area contributed by atoms with Crippen molar-refractivity contribution in [3.63, 3.8) is 0 Å². The smallest absolute Gasteiger partial charge is 0.329 e. The van der Waals surface area contributed by atoms with Crippen LogP contribution in [0.4, 0.5) is 5.69 Å². The van der Waals surface area contributed by atoms with Crippen molar-refractivity contribution in [1.82, 2.24) is 14.5 Å².